The Morgan fingerprint density at radius 1 is 1.37 bits per heavy atom. The number of nitrogens with zero attached hydrogens (tertiary/aromatic N) is 1. The third kappa shape index (κ3) is 3.26. The molecule has 1 aliphatic carbocycles. The highest BCUT2D eigenvalue weighted by atomic mass is 16.5. The van der Waals surface area contributed by atoms with Crippen molar-refractivity contribution in [1.82, 2.24) is 10.2 Å². The molecule has 108 valence electrons. The third-order valence-corrected chi connectivity index (χ3v) is 3.79. The first kappa shape index (κ1) is 14.3. The molecule has 1 aliphatic heterocycles. The zero-order valence-electron chi connectivity index (χ0n) is 12.0. The Morgan fingerprint density at radius 3 is 2.58 bits per heavy atom. The summed E-state index contributed by atoms with van der Waals surface area (Å²) in [5.41, 5.74) is 0. The molecule has 1 saturated heterocycles. The van der Waals surface area contributed by atoms with Gasteiger partial charge in [0.25, 0.3) is 0 Å². The van der Waals surface area contributed by atoms with Crippen LogP contribution in [-0.2, 0) is 14.3 Å². The summed E-state index contributed by atoms with van der Waals surface area (Å²) < 4.78 is 5.51. The lowest BCUT2D eigenvalue weighted by Gasteiger charge is -2.38. The first-order chi connectivity index (χ1) is 9.04. The second-order valence-corrected chi connectivity index (χ2v) is 5.70. The van der Waals surface area contributed by atoms with Gasteiger partial charge >= 0.3 is 0 Å². The van der Waals surface area contributed by atoms with Crippen LogP contribution in [0.5, 0.6) is 0 Å². The zero-order valence-corrected chi connectivity index (χ0v) is 12.0. The average Bonchev–Trinajstić information content (AvgIpc) is 3.17. The number of carbonyl (C=O) groups is 2. The summed E-state index contributed by atoms with van der Waals surface area (Å²) in [6.07, 6.45) is 2.89. The topological polar surface area (TPSA) is 58.6 Å². The number of hydrogen-bond acceptors (Lipinski definition) is 3. The number of carbonyl (C=O) groups excluding carboxylic acids is 2. The Morgan fingerprint density at radius 2 is 2.05 bits per heavy atom. The van der Waals surface area contributed by atoms with Crippen molar-refractivity contribution in [3.8, 4) is 0 Å². The molecule has 1 heterocycles. The lowest BCUT2D eigenvalue weighted by molar-refractivity contribution is -0.151. The predicted molar refractivity (Wildman–Crippen MR) is 71.5 cm³/mol. The second-order valence-electron chi connectivity index (χ2n) is 5.70. The minimum absolute atomic E-state index is 0.0106. The third-order valence-electron chi connectivity index (χ3n) is 3.79. The summed E-state index contributed by atoms with van der Waals surface area (Å²) in [5.74, 6) is 0.410. The van der Waals surface area contributed by atoms with E-state index in [0.29, 0.717) is 25.5 Å². The van der Waals surface area contributed by atoms with Crippen LogP contribution in [0.3, 0.4) is 0 Å². The van der Waals surface area contributed by atoms with Crippen molar-refractivity contribution in [3.05, 3.63) is 0 Å². The molecule has 5 heteroatoms. The maximum Gasteiger partial charge on any atom is 0.246 e. The highest BCUT2D eigenvalue weighted by Crippen LogP contribution is 2.35. The van der Waals surface area contributed by atoms with Gasteiger partial charge in [-0.25, -0.2) is 0 Å². The molecule has 0 aromatic rings. The van der Waals surface area contributed by atoms with Crippen LogP contribution in [0.2, 0.25) is 0 Å². The molecule has 1 saturated carbocycles. The van der Waals surface area contributed by atoms with E-state index in [1.54, 1.807) is 4.90 Å². The van der Waals surface area contributed by atoms with Gasteiger partial charge in [0.15, 0.2) is 0 Å². The Balaban J connectivity index is 2.00. The van der Waals surface area contributed by atoms with Gasteiger partial charge in [0.2, 0.25) is 11.8 Å². The second kappa shape index (κ2) is 5.90. The molecular weight excluding hydrogens is 244 g/mol. The molecule has 19 heavy (non-hydrogen) atoms. The molecule has 2 amide bonds. The number of amides is 2. The molecule has 5 nitrogen and oxygen atoms in total. The van der Waals surface area contributed by atoms with Crippen molar-refractivity contribution in [1.29, 1.82) is 0 Å². The SMILES string of the molecule is CCC1C(=O)NC(C2CC2)C(=O)N1CCOC(C)C. The molecular formula is C14H24N2O3. The van der Waals surface area contributed by atoms with Gasteiger partial charge < -0.3 is 15.0 Å². The highest BCUT2D eigenvalue weighted by Gasteiger charge is 2.46. The molecule has 2 unspecified atom stereocenters. The number of hydrogen-bond donors (Lipinski definition) is 1. The number of rotatable bonds is 6. The molecule has 2 rings (SSSR count). The zero-order chi connectivity index (χ0) is 14.0. The fraction of sp³-hybridized carbons (Fsp3) is 0.857. The number of ether oxygens (including phenoxy) is 1. The van der Waals surface area contributed by atoms with Crippen LogP contribution in [-0.4, -0.2) is 48.1 Å². The van der Waals surface area contributed by atoms with E-state index in [4.69, 9.17) is 4.74 Å². The van der Waals surface area contributed by atoms with Crippen LogP contribution in [0.4, 0.5) is 0 Å². The van der Waals surface area contributed by atoms with E-state index in [0.717, 1.165) is 12.8 Å². The summed E-state index contributed by atoms with van der Waals surface area (Å²) in [5, 5.41) is 2.89. The van der Waals surface area contributed by atoms with Crippen molar-refractivity contribution < 1.29 is 14.3 Å². The van der Waals surface area contributed by atoms with Crippen LogP contribution >= 0.6 is 0 Å². The molecule has 2 atom stereocenters. The monoisotopic (exact) mass is 268 g/mol. The van der Waals surface area contributed by atoms with Crippen LogP contribution in [0.15, 0.2) is 0 Å². The first-order valence-corrected chi connectivity index (χ1v) is 7.27. The van der Waals surface area contributed by atoms with Gasteiger partial charge in [-0.3, -0.25) is 9.59 Å². The lowest BCUT2D eigenvalue weighted by Crippen LogP contribution is -2.64. The van der Waals surface area contributed by atoms with Gasteiger partial charge in [0, 0.05) is 6.54 Å². The molecule has 1 N–H and O–H groups in total. The summed E-state index contributed by atoms with van der Waals surface area (Å²) in [6.45, 7) is 6.87. The van der Waals surface area contributed by atoms with Crippen molar-refractivity contribution in [3.63, 3.8) is 0 Å². The van der Waals surface area contributed by atoms with Gasteiger partial charge in [-0.1, -0.05) is 6.92 Å². The number of nitrogens with one attached hydrogen (secondary N) is 1. The fourth-order valence-corrected chi connectivity index (χ4v) is 2.59. The molecule has 0 aromatic heterocycles. The predicted octanol–water partition coefficient (Wildman–Crippen LogP) is 0.927. The molecule has 2 aliphatic rings. The Hall–Kier alpha value is -1.10. The Labute approximate surface area is 114 Å². The van der Waals surface area contributed by atoms with E-state index in [2.05, 4.69) is 5.32 Å². The quantitative estimate of drug-likeness (QED) is 0.779. The van der Waals surface area contributed by atoms with E-state index < -0.39 is 0 Å². The summed E-state index contributed by atoms with van der Waals surface area (Å²) >= 11 is 0. The minimum Gasteiger partial charge on any atom is -0.377 e. The van der Waals surface area contributed by atoms with Crippen LogP contribution < -0.4 is 5.32 Å². The van der Waals surface area contributed by atoms with Crippen molar-refractivity contribution in [2.75, 3.05) is 13.2 Å². The molecule has 0 radical (unpaired) electrons. The summed E-state index contributed by atoms with van der Waals surface area (Å²) in [6, 6.07) is -0.632. The van der Waals surface area contributed by atoms with Crippen molar-refractivity contribution in [2.24, 2.45) is 5.92 Å². The van der Waals surface area contributed by atoms with Gasteiger partial charge in [0.05, 0.1) is 12.7 Å². The van der Waals surface area contributed by atoms with Crippen LogP contribution in [0.1, 0.15) is 40.0 Å². The van der Waals surface area contributed by atoms with Crippen LogP contribution in [0.25, 0.3) is 0 Å². The summed E-state index contributed by atoms with van der Waals surface area (Å²) in [4.78, 5) is 26.2. The highest BCUT2D eigenvalue weighted by molar-refractivity contribution is 5.97. The molecule has 2 fully saturated rings. The lowest BCUT2D eigenvalue weighted by atomic mass is 10.0. The first-order valence-electron chi connectivity index (χ1n) is 7.27. The van der Waals surface area contributed by atoms with E-state index >= 15 is 0 Å². The van der Waals surface area contributed by atoms with Gasteiger partial charge in [-0.15, -0.1) is 0 Å². The molecule has 0 bridgehead atoms. The summed E-state index contributed by atoms with van der Waals surface area (Å²) in [7, 11) is 0. The van der Waals surface area contributed by atoms with Gasteiger partial charge in [-0.2, -0.15) is 0 Å². The van der Waals surface area contributed by atoms with E-state index in [9.17, 15) is 9.59 Å². The fourth-order valence-electron chi connectivity index (χ4n) is 2.59. The van der Waals surface area contributed by atoms with Gasteiger partial charge in [-0.05, 0) is 39.0 Å². The Bertz CT molecular complexity index is 353. The Kier molecular flexibility index (Phi) is 4.45. The van der Waals surface area contributed by atoms with E-state index in [1.165, 1.54) is 0 Å². The molecule has 0 spiro atoms. The van der Waals surface area contributed by atoms with Crippen molar-refractivity contribution in [2.45, 2.75) is 58.2 Å². The maximum atomic E-state index is 12.5. The minimum atomic E-state index is -0.335. The largest absolute Gasteiger partial charge is 0.377 e. The average molecular weight is 268 g/mol. The van der Waals surface area contributed by atoms with Crippen LogP contribution in [0, 0.1) is 5.92 Å². The maximum absolute atomic E-state index is 12.5. The van der Waals surface area contributed by atoms with E-state index in [-0.39, 0.29) is 30.0 Å². The van der Waals surface area contributed by atoms with Gasteiger partial charge in [0.1, 0.15) is 12.1 Å². The standard InChI is InChI=1S/C14H24N2O3/c1-4-11-13(17)15-12(10-5-6-10)14(18)16(11)7-8-19-9(2)3/h9-12H,4-8H2,1-3H3,(H,15,17). The van der Waals surface area contributed by atoms with E-state index in [1.807, 2.05) is 20.8 Å². The molecule has 0 aromatic carbocycles. The smallest absolute Gasteiger partial charge is 0.246 e. The normalized spacial score (nSPS) is 27.9. The number of piperazine rings is 1. The van der Waals surface area contributed by atoms with Crippen molar-refractivity contribution >= 4 is 11.8 Å².